The van der Waals surface area contributed by atoms with E-state index in [9.17, 15) is 8.78 Å². The molecular weight excluding hydrogens is 372 g/mol. The van der Waals surface area contributed by atoms with Crippen molar-refractivity contribution in [2.75, 3.05) is 50.7 Å². The second-order valence-electron chi connectivity index (χ2n) is 8.07. The highest BCUT2D eigenvalue weighted by atomic mass is 19.1. The molecule has 0 spiro atoms. The van der Waals surface area contributed by atoms with Crippen molar-refractivity contribution in [2.45, 2.75) is 45.6 Å². The summed E-state index contributed by atoms with van der Waals surface area (Å²) in [6.07, 6.45) is 4.47. The third-order valence-electron chi connectivity index (χ3n) is 6.09. The fourth-order valence-electron chi connectivity index (χ4n) is 4.34. The summed E-state index contributed by atoms with van der Waals surface area (Å²) in [6, 6.07) is 4.16. The molecule has 3 rings (SSSR count). The number of benzene rings is 1. The number of para-hydroxylation sites is 1. The molecule has 1 unspecified atom stereocenters. The van der Waals surface area contributed by atoms with E-state index in [4.69, 9.17) is 4.99 Å². The highest BCUT2D eigenvalue weighted by molar-refractivity contribution is 5.80. The maximum atomic E-state index is 14.1. The molecule has 2 heterocycles. The molecule has 0 bridgehead atoms. The van der Waals surface area contributed by atoms with Crippen molar-refractivity contribution < 1.29 is 8.78 Å². The van der Waals surface area contributed by atoms with Gasteiger partial charge in [0.25, 0.3) is 0 Å². The molecule has 0 aromatic heterocycles. The van der Waals surface area contributed by atoms with E-state index in [2.05, 4.69) is 22.5 Å². The van der Waals surface area contributed by atoms with Gasteiger partial charge in [0.05, 0.1) is 0 Å². The average Bonchev–Trinajstić information content (AvgIpc) is 3.16. The average molecular weight is 408 g/mol. The Morgan fingerprint density at radius 1 is 1.10 bits per heavy atom. The molecule has 0 saturated carbocycles. The summed E-state index contributed by atoms with van der Waals surface area (Å²) in [5.41, 5.74) is 0.0807. The third kappa shape index (κ3) is 6.04. The maximum Gasteiger partial charge on any atom is 0.191 e. The van der Waals surface area contributed by atoms with Crippen molar-refractivity contribution >= 4 is 11.6 Å². The number of guanidine groups is 1. The molecule has 0 radical (unpaired) electrons. The standard InChI is InChI=1S/C22H35F2N5/c1-3-25-22(26-12-8-17-9-13-28(4-2)14-10-17)27-18-11-15-29(16-18)21-19(23)6-5-7-20(21)24/h5-7,17-18H,3-4,8-16H2,1-2H3,(H2,25,26,27). The molecule has 29 heavy (non-hydrogen) atoms. The zero-order valence-electron chi connectivity index (χ0n) is 17.8. The minimum absolute atomic E-state index is 0.0807. The lowest BCUT2D eigenvalue weighted by Crippen LogP contribution is -2.44. The Balaban J connectivity index is 1.49. The molecule has 2 aliphatic heterocycles. The molecule has 5 nitrogen and oxygen atoms in total. The lowest BCUT2D eigenvalue weighted by Gasteiger charge is -2.30. The van der Waals surface area contributed by atoms with Crippen molar-refractivity contribution in [3.05, 3.63) is 29.8 Å². The molecule has 162 valence electrons. The highest BCUT2D eigenvalue weighted by Crippen LogP contribution is 2.26. The lowest BCUT2D eigenvalue weighted by atomic mass is 9.94. The van der Waals surface area contributed by atoms with Gasteiger partial charge in [0.1, 0.15) is 17.3 Å². The van der Waals surface area contributed by atoms with Crippen LogP contribution in [0.25, 0.3) is 0 Å². The van der Waals surface area contributed by atoms with Gasteiger partial charge in [-0.1, -0.05) is 13.0 Å². The summed E-state index contributed by atoms with van der Waals surface area (Å²) in [6.45, 7) is 10.6. The molecule has 1 aromatic carbocycles. The van der Waals surface area contributed by atoms with Crippen LogP contribution >= 0.6 is 0 Å². The largest absolute Gasteiger partial charge is 0.365 e. The lowest BCUT2D eigenvalue weighted by molar-refractivity contribution is 0.188. The summed E-state index contributed by atoms with van der Waals surface area (Å²) in [5, 5.41) is 6.76. The molecule has 2 fully saturated rings. The molecule has 2 aliphatic rings. The first-order valence-electron chi connectivity index (χ1n) is 11.1. The molecule has 2 N–H and O–H groups in total. The first-order chi connectivity index (χ1) is 14.1. The quantitative estimate of drug-likeness (QED) is 0.538. The van der Waals surface area contributed by atoms with Crippen LogP contribution in [0.4, 0.5) is 14.5 Å². The number of aliphatic imine (C=N–C) groups is 1. The molecular formula is C22H35F2N5. The van der Waals surface area contributed by atoms with E-state index in [0.29, 0.717) is 13.1 Å². The number of nitrogens with zero attached hydrogens (tertiary/aromatic N) is 3. The molecule has 0 aliphatic carbocycles. The molecule has 7 heteroatoms. The topological polar surface area (TPSA) is 42.9 Å². The number of hydrogen-bond acceptors (Lipinski definition) is 3. The Labute approximate surface area is 173 Å². The zero-order chi connectivity index (χ0) is 20.6. The second kappa shape index (κ2) is 10.8. The predicted octanol–water partition coefficient (Wildman–Crippen LogP) is 3.22. The second-order valence-corrected chi connectivity index (χ2v) is 8.07. The Hall–Kier alpha value is -1.89. The molecule has 2 saturated heterocycles. The van der Waals surface area contributed by atoms with Crippen LogP contribution in [0.15, 0.2) is 23.2 Å². The maximum absolute atomic E-state index is 14.1. The van der Waals surface area contributed by atoms with Crippen molar-refractivity contribution in [1.29, 1.82) is 0 Å². The molecule has 1 atom stereocenters. The first-order valence-corrected chi connectivity index (χ1v) is 11.1. The van der Waals surface area contributed by atoms with Crippen LogP contribution in [-0.4, -0.2) is 62.7 Å². The Morgan fingerprint density at radius 2 is 1.83 bits per heavy atom. The van der Waals surface area contributed by atoms with E-state index >= 15 is 0 Å². The number of nitrogens with one attached hydrogen (secondary N) is 2. The van der Waals surface area contributed by atoms with E-state index in [1.807, 2.05) is 6.92 Å². The van der Waals surface area contributed by atoms with Crippen molar-refractivity contribution in [2.24, 2.45) is 10.9 Å². The minimum atomic E-state index is -0.500. The minimum Gasteiger partial charge on any atom is -0.365 e. The first kappa shape index (κ1) is 21.8. The van der Waals surface area contributed by atoms with Crippen LogP contribution in [0.2, 0.25) is 0 Å². The van der Waals surface area contributed by atoms with Gasteiger partial charge < -0.3 is 20.4 Å². The Morgan fingerprint density at radius 3 is 2.48 bits per heavy atom. The monoisotopic (exact) mass is 407 g/mol. The number of hydrogen-bond donors (Lipinski definition) is 2. The van der Waals surface area contributed by atoms with E-state index in [1.54, 1.807) is 4.90 Å². The third-order valence-corrected chi connectivity index (χ3v) is 6.09. The number of likely N-dealkylation sites (tertiary alicyclic amines) is 1. The number of anilines is 1. The SMILES string of the molecule is CCNC(=NCCC1CCN(CC)CC1)NC1CCN(c2c(F)cccc2F)C1. The Bertz CT molecular complexity index is 653. The van der Waals surface area contributed by atoms with Gasteiger partial charge >= 0.3 is 0 Å². The van der Waals surface area contributed by atoms with E-state index in [-0.39, 0.29) is 11.7 Å². The summed E-state index contributed by atoms with van der Waals surface area (Å²) in [7, 11) is 0. The van der Waals surface area contributed by atoms with Gasteiger partial charge in [0, 0.05) is 32.2 Å². The van der Waals surface area contributed by atoms with E-state index < -0.39 is 11.6 Å². The fraction of sp³-hybridized carbons (Fsp3) is 0.682. The van der Waals surface area contributed by atoms with Gasteiger partial charge in [-0.05, 0) is 70.3 Å². The van der Waals surface area contributed by atoms with Gasteiger partial charge in [-0.3, -0.25) is 4.99 Å². The van der Waals surface area contributed by atoms with E-state index in [0.717, 1.165) is 44.4 Å². The fourth-order valence-corrected chi connectivity index (χ4v) is 4.34. The van der Waals surface area contributed by atoms with Gasteiger partial charge in [0.2, 0.25) is 0 Å². The van der Waals surface area contributed by atoms with Crippen LogP contribution in [0.3, 0.4) is 0 Å². The smallest absolute Gasteiger partial charge is 0.191 e. The summed E-state index contributed by atoms with van der Waals surface area (Å²) in [5.74, 6) is 0.565. The van der Waals surface area contributed by atoms with Gasteiger partial charge in [-0.25, -0.2) is 8.78 Å². The van der Waals surface area contributed by atoms with Crippen LogP contribution < -0.4 is 15.5 Å². The van der Waals surface area contributed by atoms with Gasteiger partial charge in [-0.2, -0.15) is 0 Å². The van der Waals surface area contributed by atoms with Crippen molar-refractivity contribution in [3.63, 3.8) is 0 Å². The summed E-state index contributed by atoms with van der Waals surface area (Å²) in [4.78, 5) is 9.05. The predicted molar refractivity (Wildman–Crippen MR) is 116 cm³/mol. The van der Waals surface area contributed by atoms with Gasteiger partial charge in [-0.15, -0.1) is 0 Å². The van der Waals surface area contributed by atoms with Crippen molar-refractivity contribution in [1.82, 2.24) is 15.5 Å². The van der Waals surface area contributed by atoms with E-state index in [1.165, 1.54) is 44.1 Å². The molecule has 1 aromatic rings. The normalized spacial score (nSPS) is 21.6. The van der Waals surface area contributed by atoms with Crippen LogP contribution in [0.5, 0.6) is 0 Å². The van der Waals surface area contributed by atoms with Crippen LogP contribution in [0, 0.1) is 17.6 Å². The van der Waals surface area contributed by atoms with Gasteiger partial charge in [0.15, 0.2) is 5.96 Å². The number of rotatable bonds is 7. The number of halogens is 2. The number of piperidine rings is 1. The highest BCUT2D eigenvalue weighted by Gasteiger charge is 2.27. The van der Waals surface area contributed by atoms with Crippen LogP contribution in [0.1, 0.15) is 39.5 Å². The van der Waals surface area contributed by atoms with Crippen LogP contribution in [-0.2, 0) is 0 Å². The summed E-state index contributed by atoms with van der Waals surface area (Å²) < 4.78 is 28.1. The van der Waals surface area contributed by atoms with Crippen molar-refractivity contribution in [3.8, 4) is 0 Å². The molecule has 0 amide bonds. The Kier molecular flexibility index (Phi) is 8.09. The zero-order valence-corrected chi connectivity index (χ0v) is 17.8. The summed E-state index contributed by atoms with van der Waals surface area (Å²) >= 11 is 0.